The molecule has 0 radical (unpaired) electrons. The van der Waals surface area contributed by atoms with Crippen LogP contribution in [0.25, 0.3) is 0 Å². The molecule has 0 aliphatic carbocycles. The van der Waals surface area contributed by atoms with E-state index in [2.05, 4.69) is 5.32 Å². The molecule has 1 fully saturated rings. The quantitative estimate of drug-likeness (QED) is 0.576. The molecule has 1 heterocycles. The Hall–Kier alpha value is -3.79. The highest BCUT2D eigenvalue weighted by atomic mass is 16.5. The van der Waals surface area contributed by atoms with Gasteiger partial charge in [0.2, 0.25) is 0 Å². The van der Waals surface area contributed by atoms with E-state index in [0.717, 1.165) is 5.75 Å². The third kappa shape index (κ3) is 5.36. The molecule has 0 unspecified atom stereocenters. The summed E-state index contributed by atoms with van der Waals surface area (Å²) in [5, 5.41) is 21.3. The maximum absolute atomic E-state index is 12.5. The van der Waals surface area contributed by atoms with Crippen molar-refractivity contribution in [2.24, 2.45) is 5.92 Å². The number of carbonyl (C=O) groups is 2. The van der Waals surface area contributed by atoms with E-state index in [1.165, 1.54) is 11.1 Å². The number of para-hydroxylation sites is 1. The molecular weight excluding hydrogens is 370 g/mol. The molecule has 1 aliphatic rings. The highest BCUT2D eigenvalue weighted by Gasteiger charge is 2.28. The van der Waals surface area contributed by atoms with Gasteiger partial charge in [0.1, 0.15) is 23.1 Å². The number of likely N-dealkylation sites (tertiary alicyclic amines) is 1. The number of carboxylic acids is 1. The fourth-order valence-electron chi connectivity index (χ4n) is 3.04. The summed E-state index contributed by atoms with van der Waals surface area (Å²) < 4.78 is 5.73. The molecule has 0 bridgehead atoms. The minimum atomic E-state index is -0.838. The Morgan fingerprint density at radius 2 is 1.69 bits per heavy atom. The zero-order valence-corrected chi connectivity index (χ0v) is 15.7. The molecule has 0 atom stereocenters. The van der Waals surface area contributed by atoms with Gasteiger partial charge < -0.3 is 20.1 Å². The molecule has 1 amide bonds. The second-order valence-electron chi connectivity index (χ2n) is 6.66. The lowest BCUT2D eigenvalue weighted by Crippen LogP contribution is -2.40. The highest BCUT2D eigenvalue weighted by Crippen LogP contribution is 2.23. The van der Waals surface area contributed by atoms with E-state index in [1.807, 2.05) is 36.4 Å². The first-order valence-electron chi connectivity index (χ1n) is 9.28. The number of hydrogen-bond acceptors (Lipinski definition) is 5. The topological polar surface area (TPSA) is 103 Å². The Labute approximate surface area is 168 Å². The number of ether oxygens (including phenoxy) is 1. The van der Waals surface area contributed by atoms with Gasteiger partial charge in [-0.15, -0.1) is 0 Å². The largest absolute Gasteiger partial charge is 0.481 e. The Morgan fingerprint density at radius 1 is 1.07 bits per heavy atom. The molecule has 29 heavy (non-hydrogen) atoms. The van der Waals surface area contributed by atoms with Crippen LogP contribution in [0.15, 0.2) is 66.4 Å². The van der Waals surface area contributed by atoms with Crippen LogP contribution < -0.4 is 10.1 Å². The molecule has 1 aliphatic heterocycles. The minimum absolute atomic E-state index is 0.0246. The molecule has 1 saturated heterocycles. The van der Waals surface area contributed by atoms with Gasteiger partial charge in [0.05, 0.1) is 5.92 Å². The van der Waals surface area contributed by atoms with Crippen molar-refractivity contribution in [1.82, 2.24) is 4.90 Å². The number of carbonyl (C=O) groups excluding carboxylic acids is 1. The maximum atomic E-state index is 12.5. The number of carboxylic acid groups (broad SMARTS) is 1. The van der Waals surface area contributed by atoms with Crippen molar-refractivity contribution in [3.05, 3.63) is 66.4 Å². The summed E-state index contributed by atoms with van der Waals surface area (Å²) in [4.78, 5) is 25.1. The van der Waals surface area contributed by atoms with E-state index < -0.39 is 17.8 Å². The lowest BCUT2D eigenvalue weighted by molar-refractivity contribution is -0.145. The Bertz CT molecular complexity index is 925. The molecule has 148 valence electrons. The first-order chi connectivity index (χ1) is 14.1. The number of amides is 1. The SMILES string of the molecule is N#C/C(=C/Nc1ccc(Oc2ccccc2)cc1)C(=O)N1CCC(C(=O)O)CC1. The van der Waals surface area contributed by atoms with Gasteiger partial charge in [-0.3, -0.25) is 9.59 Å². The Morgan fingerprint density at radius 3 is 2.28 bits per heavy atom. The number of nitrogens with one attached hydrogen (secondary N) is 1. The second kappa shape index (κ2) is 9.42. The van der Waals surface area contributed by atoms with Crippen LogP contribution in [-0.4, -0.2) is 35.0 Å². The molecular formula is C22H21N3O4. The van der Waals surface area contributed by atoms with Crippen molar-refractivity contribution in [2.45, 2.75) is 12.8 Å². The molecule has 3 rings (SSSR count). The van der Waals surface area contributed by atoms with E-state index in [9.17, 15) is 14.9 Å². The van der Waals surface area contributed by atoms with Crippen LogP contribution in [0.4, 0.5) is 5.69 Å². The van der Waals surface area contributed by atoms with Gasteiger partial charge in [0.15, 0.2) is 0 Å². The summed E-state index contributed by atoms with van der Waals surface area (Å²) in [7, 11) is 0. The standard InChI is InChI=1S/C22H21N3O4/c23-14-17(21(26)25-12-10-16(11-13-25)22(27)28)15-24-18-6-8-20(9-7-18)29-19-4-2-1-3-5-19/h1-9,15-16,24H,10-13H2,(H,27,28)/b17-15-. The van der Waals surface area contributed by atoms with Crippen molar-refractivity contribution in [3.63, 3.8) is 0 Å². The summed E-state index contributed by atoms with van der Waals surface area (Å²) in [5.41, 5.74) is 0.680. The summed E-state index contributed by atoms with van der Waals surface area (Å²) in [6.07, 6.45) is 2.17. The van der Waals surface area contributed by atoms with Gasteiger partial charge in [-0.1, -0.05) is 18.2 Å². The fourth-order valence-corrected chi connectivity index (χ4v) is 3.04. The molecule has 2 aromatic rings. The zero-order chi connectivity index (χ0) is 20.6. The van der Waals surface area contributed by atoms with E-state index in [0.29, 0.717) is 37.4 Å². The Kier molecular flexibility index (Phi) is 6.48. The van der Waals surface area contributed by atoms with Gasteiger partial charge >= 0.3 is 5.97 Å². The van der Waals surface area contributed by atoms with E-state index >= 15 is 0 Å². The molecule has 7 heteroatoms. The van der Waals surface area contributed by atoms with Crippen LogP contribution in [-0.2, 0) is 9.59 Å². The number of nitrogens with zero attached hydrogens (tertiary/aromatic N) is 2. The lowest BCUT2D eigenvalue weighted by Gasteiger charge is -2.29. The smallest absolute Gasteiger partial charge is 0.306 e. The van der Waals surface area contributed by atoms with Crippen LogP contribution in [0, 0.1) is 17.2 Å². The van der Waals surface area contributed by atoms with Crippen molar-refractivity contribution >= 4 is 17.6 Å². The van der Waals surface area contributed by atoms with E-state index in [-0.39, 0.29) is 5.57 Å². The van der Waals surface area contributed by atoms with Gasteiger partial charge in [-0.25, -0.2) is 0 Å². The predicted molar refractivity (Wildman–Crippen MR) is 107 cm³/mol. The van der Waals surface area contributed by atoms with Crippen LogP contribution in [0.2, 0.25) is 0 Å². The van der Waals surface area contributed by atoms with Crippen molar-refractivity contribution in [2.75, 3.05) is 18.4 Å². The summed E-state index contributed by atoms with van der Waals surface area (Å²) in [6, 6.07) is 18.5. The molecule has 0 spiro atoms. The van der Waals surface area contributed by atoms with Crippen molar-refractivity contribution < 1.29 is 19.4 Å². The average Bonchev–Trinajstić information content (AvgIpc) is 2.76. The average molecular weight is 391 g/mol. The number of nitriles is 1. The molecule has 2 aromatic carbocycles. The Balaban J connectivity index is 1.58. The van der Waals surface area contributed by atoms with Crippen LogP contribution >= 0.6 is 0 Å². The van der Waals surface area contributed by atoms with Gasteiger partial charge in [-0.05, 0) is 49.2 Å². The summed E-state index contributed by atoms with van der Waals surface area (Å²) >= 11 is 0. The first kappa shape index (κ1) is 20.0. The molecule has 0 aromatic heterocycles. The monoisotopic (exact) mass is 391 g/mol. The van der Waals surface area contributed by atoms with Crippen molar-refractivity contribution in [1.29, 1.82) is 5.26 Å². The number of rotatable bonds is 6. The number of anilines is 1. The van der Waals surface area contributed by atoms with E-state index in [1.54, 1.807) is 24.3 Å². The van der Waals surface area contributed by atoms with Crippen LogP contribution in [0.3, 0.4) is 0 Å². The van der Waals surface area contributed by atoms with Crippen molar-refractivity contribution in [3.8, 4) is 17.6 Å². The van der Waals surface area contributed by atoms with E-state index in [4.69, 9.17) is 9.84 Å². The summed E-state index contributed by atoms with van der Waals surface area (Å²) in [6.45, 7) is 0.667. The van der Waals surface area contributed by atoms with Crippen LogP contribution in [0.1, 0.15) is 12.8 Å². The summed E-state index contributed by atoms with van der Waals surface area (Å²) in [5.74, 6) is -0.258. The molecule has 2 N–H and O–H groups in total. The molecule has 0 saturated carbocycles. The number of hydrogen-bond donors (Lipinski definition) is 2. The number of benzene rings is 2. The number of piperidine rings is 1. The third-order valence-electron chi connectivity index (χ3n) is 4.70. The van der Waals surface area contributed by atoms with Gasteiger partial charge in [0, 0.05) is 25.0 Å². The van der Waals surface area contributed by atoms with Gasteiger partial charge in [0.25, 0.3) is 5.91 Å². The third-order valence-corrected chi connectivity index (χ3v) is 4.70. The molecule has 7 nitrogen and oxygen atoms in total. The zero-order valence-electron chi connectivity index (χ0n) is 15.7. The first-order valence-corrected chi connectivity index (χ1v) is 9.28. The predicted octanol–water partition coefficient (Wildman–Crippen LogP) is 3.62. The van der Waals surface area contributed by atoms with Gasteiger partial charge in [-0.2, -0.15) is 5.26 Å². The number of aliphatic carboxylic acids is 1. The normalized spacial score (nSPS) is 14.7. The second-order valence-corrected chi connectivity index (χ2v) is 6.66. The fraction of sp³-hybridized carbons (Fsp3) is 0.227. The highest BCUT2D eigenvalue weighted by molar-refractivity contribution is 5.97. The van der Waals surface area contributed by atoms with Crippen LogP contribution in [0.5, 0.6) is 11.5 Å². The maximum Gasteiger partial charge on any atom is 0.306 e. The lowest BCUT2D eigenvalue weighted by atomic mass is 9.97. The minimum Gasteiger partial charge on any atom is -0.481 e.